The second-order valence-electron chi connectivity index (χ2n) is 6.15. The van der Waals surface area contributed by atoms with Crippen LogP contribution in [-0.2, 0) is 16.1 Å². The molecule has 0 saturated carbocycles. The number of methoxy groups -OCH3 is 1. The highest BCUT2D eigenvalue weighted by Crippen LogP contribution is 2.20. The molecule has 0 amide bonds. The van der Waals surface area contributed by atoms with Crippen molar-refractivity contribution in [3.05, 3.63) is 29.6 Å². The third-order valence-electron chi connectivity index (χ3n) is 4.37. The molecule has 1 aliphatic heterocycles. The summed E-state index contributed by atoms with van der Waals surface area (Å²) in [7, 11) is 1.43. The van der Waals surface area contributed by atoms with Gasteiger partial charge in [-0.1, -0.05) is 6.07 Å². The number of hydrogen-bond donors (Lipinski definition) is 1. The predicted molar refractivity (Wildman–Crippen MR) is 98.7 cm³/mol. The smallest absolute Gasteiger partial charge is 0.308 e. The van der Waals surface area contributed by atoms with E-state index in [-0.39, 0.29) is 23.5 Å². The number of rotatable bonds is 6. The van der Waals surface area contributed by atoms with E-state index in [1.165, 1.54) is 13.2 Å². The van der Waals surface area contributed by atoms with Crippen molar-refractivity contribution in [3.63, 3.8) is 0 Å². The van der Waals surface area contributed by atoms with E-state index in [2.05, 4.69) is 15.2 Å². The van der Waals surface area contributed by atoms with Crippen LogP contribution in [0.3, 0.4) is 0 Å². The lowest BCUT2D eigenvalue weighted by Crippen LogP contribution is -2.46. The van der Waals surface area contributed by atoms with E-state index in [1.807, 2.05) is 19.9 Å². The molecule has 26 heavy (non-hydrogen) atoms. The average Bonchev–Trinajstić information content (AvgIpc) is 2.66. The molecule has 7 heteroatoms. The summed E-state index contributed by atoms with van der Waals surface area (Å²) in [4.78, 5) is 18.4. The lowest BCUT2D eigenvalue weighted by Gasteiger charge is -2.33. The van der Waals surface area contributed by atoms with Crippen LogP contribution in [0.5, 0.6) is 5.75 Å². The van der Waals surface area contributed by atoms with Crippen LogP contribution in [0.1, 0.15) is 32.3 Å². The average molecular weight is 365 g/mol. The van der Waals surface area contributed by atoms with E-state index in [0.29, 0.717) is 13.2 Å². The van der Waals surface area contributed by atoms with E-state index in [1.54, 1.807) is 6.07 Å². The van der Waals surface area contributed by atoms with Gasteiger partial charge >= 0.3 is 5.97 Å². The topological polar surface area (TPSA) is 63.2 Å². The number of ether oxygens (including phenoxy) is 2. The van der Waals surface area contributed by atoms with Crippen LogP contribution in [0.25, 0.3) is 0 Å². The molecular formula is C19H28FN3O3. The van der Waals surface area contributed by atoms with Crippen molar-refractivity contribution in [2.75, 3.05) is 33.4 Å². The summed E-state index contributed by atoms with van der Waals surface area (Å²) in [5.74, 6) is 0.487. The first-order valence-electron chi connectivity index (χ1n) is 9.11. The van der Waals surface area contributed by atoms with Gasteiger partial charge in [-0.05, 0) is 44.4 Å². The van der Waals surface area contributed by atoms with Crippen LogP contribution >= 0.6 is 0 Å². The number of carbonyl (C=O) groups is 1. The van der Waals surface area contributed by atoms with E-state index in [4.69, 9.17) is 9.47 Å². The molecule has 0 unspecified atom stereocenters. The summed E-state index contributed by atoms with van der Waals surface area (Å²) in [6, 6.07) is 4.92. The zero-order valence-corrected chi connectivity index (χ0v) is 15.8. The van der Waals surface area contributed by atoms with Gasteiger partial charge in [0.2, 0.25) is 0 Å². The number of likely N-dealkylation sites (tertiary alicyclic amines) is 1. The third-order valence-corrected chi connectivity index (χ3v) is 4.37. The maximum Gasteiger partial charge on any atom is 0.308 e. The van der Waals surface area contributed by atoms with E-state index in [0.717, 1.165) is 44.0 Å². The van der Waals surface area contributed by atoms with Crippen molar-refractivity contribution >= 4 is 11.9 Å². The third kappa shape index (κ3) is 5.34. The Bertz CT molecular complexity index is 628. The molecule has 0 aromatic heterocycles. The Labute approximate surface area is 154 Å². The van der Waals surface area contributed by atoms with Crippen LogP contribution < -0.4 is 10.1 Å². The Balaban J connectivity index is 2.01. The SMILES string of the molecule is CCNC(=NCc1ccc(OCC)c(F)c1)N1CCC(C(=O)OC)CC1. The standard InChI is InChI=1S/C19H28FN3O3/c1-4-21-19(23-10-8-15(9-11-23)18(24)25-3)22-13-14-6-7-17(26-5-2)16(20)12-14/h6-7,12,15H,4-5,8-11,13H2,1-3H3,(H,21,22). The van der Waals surface area contributed by atoms with Crippen LogP contribution in [0.2, 0.25) is 0 Å². The molecule has 0 aliphatic carbocycles. The van der Waals surface area contributed by atoms with Gasteiger partial charge in [-0.3, -0.25) is 4.79 Å². The van der Waals surface area contributed by atoms with Gasteiger partial charge in [0.1, 0.15) is 0 Å². The zero-order chi connectivity index (χ0) is 18.9. The Hall–Kier alpha value is -2.31. The lowest BCUT2D eigenvalue weighted by molar-refractivity contribution is -0.146. The fraction of sp³-hybridized carbons (Fsp3) is 0.579. The second-order valence-corrected chi connectivity index (χ2v) is 6.15. The number of carbonyl (C=O) groups excluding carboxylic acids is 1. The van der Waals surface area contributed by atoms with E-state index in [9.17, 15) is 9.18 Å². The Morgan fingerprint density at radius 3 is 2.65 bits per heavy atom. The molecule has 2 rings (SSSR count). The summed E-state index contributed by atoms with van der Waals surface area (Å²) in [6.07, 6.45) is 1.49. The number of halogens is 1. The Morgan fingerprint density at radius 2 is 2.08 bits per heavy atom. The number of benzene rings is 1. The number of hydrogen-bond acceptors (Lipinski definition) is 4. The molecular weight excluding hydrogens is 337 g/mol. The first-order chi connectivity index (χ1) is 12.6. The summed E-state index contributed by atoms with van der Waals surface area (Å²) in [5.41, 5.74) is 0.783. The molecule has 1 saturated heterocycles. The second kappa shape index (κ2) is 9.99. The zero-order valence-electron chi connectivity index (χ0n) is 15.8. The molecule has 1 aliphatic rings. The predicted octanol–water partition coefficient (Wildman–Crippen LogP) is 2.57. The molecule has 0 spiro atoms. The number of nitrogens with zero attached hydrogens (tertiary/aromatic N) is 2. The minimum atomic E-state index is -0.372. The van der Waals surface area contributed by atoms with E-state index >= 15 is 0 Å². The summed E-state index contributed by atoms with van der Waals surface area (Å²) >= 11 is 0. The van der Waals surface area contributed by atoms with Crippen molar-refractivity contribution < 1.29 is 18.7 Å². The summed E-state index contributed by atoms with van der Waals surface area (Å²) in [6.45, 7) is 6.86. The van der Waals surface area contributed by atoms with Gasteiger partial charge in [0.15, 0.2) is 17.5 Å². The van der Waals surface area contributed by atoms with Crippen LogP contribution in [0, 0.1) is 11.7 Å². The number of guanidine groups is 1. The van der Waals surface area contributed by atoms with Crippen molar-refractivity contribution in [1.82, 2.24) is 10.2 Å². The minimum absolute atomic E-state index is 0.0423. The monoisotopic (exact) mass is 365 g/mol. The van der Waals surface area contributed by atoms with Crippen LogP contribution in [-0.4, -0.2) is 50.2 Å². The van der Waals surface area contributed by atoms with Crippen molar-refractivity contribution in [2.24, 2.45) is 10.9 Å². The normalized spacial score (nSPS) is 15.7. The van der Waals surface area contributed by atoms with Gasteiger partial charge in [-0.25, -0.2) is 9.38 Å². The van der Waals surface area contributed by atoms with Crippen molar-refractivity contribution in [2.45, 2.75) is 33.2 Å². The molecule has 1 aromatic carbocycles. The van der Waals surface area contributed by atoms with Gasteiger partial charge < -0.3 is 19.7 Å². The van der Waals surface area contributed by atoms with Gasteiger partial charge in [0.25, 0.3) is 0 Å². The number of aliphatic imine (C=N–C) groups is 1. The fourth-order valence-electron chi connectivity index (χ4n) is 3.00. The highest BCUT2D eigenvalue weighted by molar-refractivity contribution is 5.80. The number of esters is 1. The maximum atomic E-state index is 14.0. The molecule has 1 aromatic rings. The molecule has 0 bridgehead atoms. The highest BCUT2D eigenvalue weighted by Gasteiger charge is 2.26. The van der Waals surface area contributed by atoms with Crippen LogP contribution in [0.15, 0.2) is 23.2 Å². The quantitative estimate of drug-likeness (QED) is 0.477. The van der Waals surface area contributed by atoms with E-state index < -0.39 is 0 Å². The summed E-state index contributed by atoms with van der Waals surface area (Å²) in [5, 5.41) is 3.27. The molecule has 144 valence electrons. The Morgan fingerprint density at radius 1 is 1.35 bits per heavy atom. The van der Waals surface area contributed by atoms with Gasteiger partial charge in [-0.15, -0.1) is 0 Å². The largest absolute Gasteiger partial charge is 0.491 e. The molecule has 0 atom stereocenters. The summed E-state index contributed by atoms with van der Waals surface area (Å²) < 4.78 is 24.0. The first-order valence-corrected chi connectivity index (χ1v) is 9.11. The first kappa shape index (κ1) is 20.0. The molecule has 1 heterocycles. The molecule has 1 N–H and O–H groups in total. The number of piperidine rings is 1. The van der Waals surface area contributed by atoms with Gasteiger partial charge in [-0.2, -0.15) is 0 Å². The maximum absolute atomic E-state index is 14.0. The molecule has 0 radical (unpaired) electrons. The lowest BCUT2D eigenvalue weighted by atomic mass is 9.97. The fourth-order valence-corrected chi connectivity index (χ4v) is 3.00. The van der Waals surface area contributed by atoms with Crippen molar-refractivity contribution in [3.8, 4) is 5.75 Å². The Kier molecular flexibility index (Phi) is 7.69. The number of nitrogens with one attached hydrogen (secondary N) is 1. The van der Waals surface area contributed by atoms with Gasteiger partial charge in [0.05, 0.1) is 26.2 Å². The molecule has 1 fully saturated rings. The molecule has 6 nitrogen and oxygen atoms in total. The highest BCUT2D eigenvalue weighted by atomic mass is 19.1. The van der Waals surface area contributed by atoms with Gasteiger partial charge in [0, 0.05) is 19.6 Å². The van der Waals surface area contributed by atoms with Crippen molar-refractivity contribution in [1.29, 1.82) is 0 Å². The minimum Gasteiger partial charge on any atom is -0.491 e. The van der Waals surface area contributed by atoms with Crippen LogP contribution in [0.4, 0.5) is 4.39 Å².